The number of aryl methyl sites for hydroxylation is 2. The number of amides is 1. The van der Waals surface area contributed by atoms with Gasteiger partial charge in [0.25, 0.3) is 15.9 Å². The summed E-state index contributed by atoms with van der Waals surface area (Å²) in [7, 11) is -3.72. The Hall–Kier alpha value is -2.71. The van der Waals surface area contributed by atoms with E-state index in [1.165, 1.54) is 30.5 Å². The van der Waals surface area contributed by atoms with Crippen LogP contribution in [0.4, 0.5) is 11.4 Å². The highest BCUT2D eigenvalue weighted by atomic mass is 79.9. The number of rotatable bonds is 5. The first-order chi connectivity index (χ1) is 13.2. The highest BCUT2D eigenvalue weighted by Gasteiger charge is 2.15. The second-order valence-corrected chi connectivity index (χ2v) is 8.87. The van der Waals surface area contributed by atoms with Crippen molar-refractivity contribution in [1.82, 2.24) is 4.98 Å². The van der Waals surface area contributed by atoms with Gasteiger partial charge in [0, 0.05) is 28.2 Å². The minimum atomic E-state index is -3.72. The minimum absolute atomic E-state index is 0.104. The Balaban J connectivity index is 1.74. The third-order valence-corrected chi connectivity index (χ3v) is 5.98. The third kappa shape index (κ3) is 4.76. The van der Waals surface area contributed by atoms with E-state index in [1.54, 1.807) is 24.4 Å². The molecule has 2 N–H and O–H groups in total. The van der Waals surface area contributed by atoms with Gasteiger partial charge in [-0.05, 0) is 83.4 Å². The molecule has 0 spiro atoms. The number of aromatic nitrogens is 1. The smallest absolute Gasteiger partial charge is 0.261 e. The third-order valence-electron chi connectivity index (χ3n) is 4.15. The van der Waals surface area contributed by atoms with Gasteiger partial charge in [-0.15, -0.1) is 0 Å². The zero-order chi connectivity index (χ0) is 20.3. The van der Waals surface area contributed by atoms with Crippen molar-refractivity contribution in [3.05, 3.63) is 82.1 Å². The number of pyridine rings is 1. The molecule has 0 unspecified atom stereocenters. The van der Waals surface area contributed by atoms with Crippen molar-refractivity contribution in [3.63, 3.8) is 0 Å². The lowest BCUT2D eigenvalue weighted by molar-refractivity contribution is 0.102. The van der Waals surface area contributed by atoms with Crippen LogP contribution in [0.2, 0.25) is 0 Å². The summed E-state index contributed by atoms with van der Waals surface area (Å²) in [4.78, 5) is 16.3. The van der Waals surface area contributed by atoms with Crippen molar-refractivity contribution in [2.45, 2.75) is 18.7 Å². The van der Waals surface area contributed by atoms with Crippen molar-refractivity contribution in [2.24, 2.45) is 0 Å². The first kappa shape index (κ1) is 20.0. The molecule has 0 saturated carbocycles. The van der Waals surface area contributed by atoms with Gasteiger partial charge in [0.1, 0.15) is 0 Å². The first-order valence-corrected chi connectivity index (χ1v) is 10.6. The Kier molecular flexibility index (Phi) is 5.81. The lowest BCUT2D eigenvalue weighted by atomic mass is 10.1. The number of sulfonamides is 1. The maximum Gasteiger partial charge on any atom is 0.261 e. The molecule has 2 aromatic carbocycles. The van der Waals surface area contributed by atoms with E-state index in [4.69, 9.17) is 0 Å². The number of carbonyl (C=O) groups is 1. The average molecular weight is 460 g/mol. The normalized spacial score (nSPS) is 11.1. The lowest BCUT2D eigenvalue weighted by Gasteiger charge is -2.11. The highest BCUT2D eigenvalue weighted by Crippen LogP contribution is 2.21. The quantitative estimate of drug-likeness (QED) is 0.587. The fourth-order valence-corrected chi connectivity index (χ4v) is 3.89. The molecule has 0 atom stereocenters. The van der Waals surface area contributed by atoms with E-state index >= 15 is 0 Å². The van der Waals surface area contributed by atoms with E-state index in [9.17, 15) is 13.2 Å². The topological polar surface area (TPSA) is 88.2 Å². The molecule has 1 amide bonds. The van der Waals surface area contributed by atoms with E-state index in [-0.39, 0.29) is 10.8 Å². The number of nitrogens with one attached hydrogen (secondary N) is 2. The maximum atomic E-state index is 12.6. The molecule has 1 aromatic heterocycles. The fourth-order valence-electron chi connectivity index (χ4n) is 2.48. The van der Waals surface area contributed by atoms with Crippen molar-refractivity contribution in [3.8, 4) is 0 Å². The molecule has 1 heterocycles. The molecule has 3 aromatic rings. The molecule has 0 aliphatic carbocycles. The maximum absolute atomic E-state index is 12.6. The molecular formula is C20H18BrN3O3S. The van der Waals surface area contributed by atoms with Gasteiger partial charge in [-0.3, -0.25) is 14.5 Å². The Morgan fingerprint density at radius 1 is 0.929 bits per heavy atom. The Labute approximate surface area is 172 Å². The lowest BCUT2D eigenvalue weighted by Crippen LogP contribution is -2.14. The number of nitrogens with zero attached hydrogens (tertiary/aromatic N) is 1. The number of hydrogen-bond donors (Lipinski definition) is 2. The van der Waals surface area contributed by atoms with Crippen LogP contribution in [0.1, 0.15) is 21.5 Å². The van der Waals surface area contributed by atoms with Gasteiger partial charge in [0.15, 0.2) is 0 Å². The predicted octanol–water partition coefficient (Wildman–Crippen LogP) is 4.51. The second kappa shape index (κ2) is 8.12. The van der Waals surface area contributed by atoms with Crippen molar-refractivity contribution < 1.29 is 13.2 Å². The first-order valence-electron chi connectivity index (χ1n) is 8.37. The molecule has 0 saturated heterocycles. The van der Waals surface area contributed by atoms with E-state index in [2.05, 4.69) is 31.0 Å². The summed E-state index contributed by atoms with van der Waals surface area (Å²) >= 11 is 3.27. The number of anilines is 2. The molecule has 0 aliphatic rings. The van der Waals surface area contributed by atoms with Gasteiger partial charge in [-0.25, -0.2) is 8.42 Å². The molecule has 3 rings (SSSR count). The van der Waals surface area contributed by atoms with Crippen LogP contribution < -0.4 is 10.0 Å². The molecule has 144 valence electrons. The van der Waals surface area contributed by atoms with Crippen LogP contribution in [0, 0.1) is 13.8 Å². The molecule has 8 heteroatoms. The zero-order valence-electron chi connectivity index (χ0n) is 15.2. The van der Waals surface area contributed by atoms with Crippen LogP contribution in [0.15, 0.2) is 70.3 Å². The van der Waals surface area contributed by atoms with E-state index in [1.807, 2.05) is 19.9 Å². The number of hydrogen-bond acceptors (Lipinski definition) is 4. The van der Waals surface area contributed by atoms with Crippen LogP contribution in [-0.4, -0.2) is 19.3 Å². The van der Waals surface area contributed by atoms with Crippen LogP contribution in [0.5, 0.6) is 0 Å². The minimum Gasteiger partial charge on any atom is -0.322 e. The summed E-state index contributed by atoms with van der Waals surface area (Å²) in [5, 5.41) is 2.71. The van der Waals surface area contributed by atoms with Crippen LogP contribution in [0.25, 0.3) is 0 Å². The van der Waals surface area contributed by atoms with Gasteiger partial charge < -0.3 is 5.32 Å². The van der Waals surface area contributed by atoms with Crippen LogP contribution in [0.3, 0.4) is 0 Å². The monoisotopic (exact) mass is 459 g/mol. The molecule has 0 aliphatic heterocycles. The molecule has 0 fully saturated rings. The molecule has 0 radical (unpaired) electrons. The molecule has 0 bridgehead atoms. The van der Waals surface area contributed by atoms with Gasteiger partial charge >= 0.3 is 0 Å². The highest BCUT2D eigenvalue weighted by molar-refractivity contribution is 9.10. The van der Waals surface area contributed by atoms with Gasteiger partial charge in [0.2, 0.25) is 0 Å². The summed E-state index contributed by atoms with van der Waals surface area (Å²) in [6.07, 6.45) is 3.03. The molecule has 6 nitrogen and oxygen atoms in total. The largest absolute Gasteiger partial charge is 0.322 e. The van der Waals surface area contributed by atoms with Crippen molar-refractivity contribution in [1.29, 1.82) is 0 Å². The van der Waals surface area contributed by atoms with Gasteiger partial charge in [-0.1, -0.05) is 6.07 Å². The predicted molar refractivity (Wildman–Crippen MR) is 113 cm³/mol. The Morgan fingerprint density at radius 3 is 2.25 bits per heavy atom. The summed E-state index contributed by atoms with van der Waals surface area (Å²) in [5.74, 6) is -0.335. The van der Waals surface area contributed by atoms with Crippen LogP contribution in [-0.2, 0) is 10.0 Å². The van der Waals surface area contributed by atoms with E-state index in [0.717, 1.165) is 11.1 Å². The number of carbonyl (C=O) groups excluding carboxylic acids is 1. The Bertz CT molecular complexity index is 1130. The van der Waals surface area contributed by atoms with Crippen LogP contribution >= 0.6 is 15.9 Å². The van der Waals surface area contributed by atoms with E-state index in [0.29, 0.717) is 21.4 Å². The number of halogens is 1. The van der Waals surface area contributed by atoms with Crippen molar-refractivity contribution >= 4 is 43.2 Å². The van der Waals surface area contributed by atoms with Gasteiger partial charge in [-0.2, -0.15) is 0 Å². The van der Waals surface area contributed by atoms with Crippen molar-refractivity contribution in [2.75, 3.05) is 10.0 Å². The number of benzene rings is 2. The Morgan fingerprint density at radius 2 is 1.61 bits per heavy atom. The summed E-state index contributed by atoms with van der Waals surface area (Å²) in [5.41, 5.74) is 3.46. The van der Waals surface area contributed by atoms with E-state index < -0.39 is 10.0 Å². The fraction of sp³-hybridized carbons (Fsp3) is 0.100. The summed E-state index contributed by atoms with van der Waals surface area (Å²) in [6, 6.07) is 13.0. The summed E-state index contributed by atoms with van der Waals surface area (Å²) < 4.78 is 28.4. The molecule has 28 heavy (non-hydrogen) atoms. The average Bonchev–Trinajstić information content (AvgIpc) is 2.65. The standard InChI is InChI=1S/C20H18BrN3O3S/c1-13-3-4-18(9-14(13)2)24-28(26,27)19-7-5-17(6-8-19)23-20(25)15-10-16(21)12-22-11-15/h3-12,24H,1-2H3,(H,23,25). The molecular weight excluding hydrogens is 442 g/mol. The second-order valence-electron chi connectivity index (χ2n) is 6.27. The van der Waals surface area contributed by atoms with Gasteiger partial charge in [0.05, 0.1) is 10.5 Å². The zero-order valence-corrected chi connectivity index (χ0v) is 17.6. The SMILES string of the molecule is Cc1ccc(NS(=O)(=O)c2ccc(NC(=O)c3cncc(Br)c3)cc2)cc1C. The summed E-state index contributed by atoms with van der Waals surface area (Å²) in [6.45, 7) is 3.89.